The second kappa shape index (κ2) is 13.1. The molecule has 0 unspecified atom stereocenters. The molecule has 2 aliphatic heterocycles. The van der Waals surface area contributed by atoms with Gasteiger partial charge in [-0.3, -0.25) is 9.59 Å². The fourth-order valence-electron chi connectivity index (χ4n) is 5.51. The van der Waals surface area contributed by atoms with Gasteiger partial charge in [0.1, 0.15) is 5.75 Å². The fraction of sp³-hybridized carbons (Fsp3) is 0.516. The predicted octanol–water partition coefficient (Wildman–Crippen LogP) is 5.08. The number of carbonyl (C=O) groups excluding carboxylic acids is 2. The maximum absolute atomic E-state index is 13.7. The molecule has 2 aromatic carbocycles. The third-order valence-corrected chi connectivity index (χ3v) is 8.38. The van der Waals surface area contributed by atoms with Crippen LogP contribution >= 0.6 is 15.9 Å². The number of piperidine rings is 1. The van der Waals surface area contributed by atoms with Gasteiger partial charge in [0.2, 0.25) is 5.91 Å². The minimum atomic E-state index is -1.12. The van der Waals surface area contributed by atoms with Gasteiger partial charge in [-0.1, -0.05) is 34.1 Å². The van der Waals surface area contributed by atoms with E-state index < -0.39 is 11.7 Å². The maximum atomic E-state index is 13.7. The molecule has 4 rings (SSSR count). The molecule has 2 aliphatic rings. The number of benzene rings is 2. The Kier molecular flexibility index (Phi) is 9.84. The van der Waals surface area contributed by atoms with Gasteiger partial charge in [-0.15, -0.1) is 0 Å². The summed E-state index contributed by atoms with van der Waals surface area (Å²) in [6.07, 6.45) is 0.802. The predicted molar refractivity (Wildman–Crippen MR) is 162 cm³/mol. The lowest BCUT2D eigenvalue weighted by atomic mass is 9.95. The molecule has 0 aromatic heterocycles. The highest BCUT2D eigenvalue weighted by atomic mass is 79.9. The molecule has 0 saturated carbocycles. The summed E-state index contributed by atoms with van der Waals surface area (Å²) >= 11 is 3.48. The van der Waals surface area contributed by atoms with Crippen LogP contribution in [0.25, 0.3) is 0 Å². The maximum Gasteiger partial charge on any atom is 0.407 e. The van der Waals surface area contributed by atoms with Gasteiger partial charge in [0.15, 0.2) is 5.60 Å². The van der Waals surface area contributed by atoms with Crippen LogP contribution in [-0.2, 0) is 16.1 Å². The number of anilines is 1. The van der Waals surface area contributed by atoms with Crippen molar-refractivity contribution in [3.8, 4) is 5.75 Å². The van der Waals surface area contributed by atoms with E-state index in [1.165, 1.54) is 4.90 Å². The molecular formula is C31H41BrN4O5. The fourth-order valence-corrected chi connectivity index (χ4v) is 5.78. The highest BCUT2D eigenvalue weighted by molar-refractivity contribution is 9.10. The van der Waals surface area contributed by atoms with Crippen LogP contribution in [-0.4, -0.2) is 88.6 Å². The highest BCUT2D eigenvalue weighted by Gasteiger charge is 2.37. The number of nitrogens with zero attached hydrogens (tertiary/aromatic N) is 4. The molecule has 2 aromatic rings. The summed E-state index contributed by atoms with van der Waals surface area (Å²) in [5.41, 5.74) is 0.950. The van der Waals surface area contributed by atoms with E-state index in [0.717, 1.165) is 35.1 Å². The van der Waals surface area contributed by atoms with Crippen LogP contribution in [0, 0.1) is 5.92 Å². The molecule has 9 nitrogen and oxygen atoms in total. The van der Waals surface area contributed by atoms with Gasteiger partial charge in [0.05, 0.1) is 5.92 Å². The second-order valence-electron chi connectivity index (χ2n) is 11.6. The summed E-state index contributed by atoms with van der Waals surface area (Å²) in [7, 11) is 0. The molecule has 0 bridgehead atoms. The zero-order chi connectivity index (χ0) is 29.7. The van der Waals surface area contributed by atoms with Gasteiger partial charge < -0.3 is 29.4 Å². The van der Waals surface area contributed by atoms with E-state index in [1.807, 2.05) is 53.4 Å². The van der Waals surface area contributed by atoms with Crippen LogP contribution in [0.1, 0.15) is 46.1 Å². The quantitative estimate of drug-likeness (QED) is 0.438. The third-order valence-electron chi connectivity index (χ3n) is 7.85. The summed E-state index contributed by atoms with van der Waals surface area (Å²) in [5, 5.41) is 9.19. The highest BCUT2D eigenvalue weighted by Crippen LogP contribution is 2.30. The van der Waals surface area contributed by atoms with Crippen molar-refractivity contribution in [2.45, 2.75) is 58.7 Å². The van der Waals surface area contributed by atoms with Crippen molar-refractivity contribution in [3.05, 3.63) is 58.6 Å². The number of hydrogen-bond donors (Lipinski definition) is 1. The van der Waals surface area contributed by atoms with Gasteiger partial charge in [-0.2, -0.15) is 0 Å². The number of amides is 3. The van der Waals surface area contributed by atoms with Gasteiger partial charge in [0, 0.05) is 68.1 Å². The smallest absolute Gasteiger partial charge is 0.407 e. The molecule has 222 valence electrons. The van der Waals surface area contributed by atoms with Crippen LogP contribution in [0.2, 0.25) is 0 Å². The average molecular weight is 630 g/mol. The second-order valence-corrected chi connectivity index (χ2v) is 12.6. The molecule has 41 heavy (non-hydrogen) atoms. The van der Waals surface area contributed by atoms with Crippen LogP contribution < -0.4 is 9.64 Å². The van der Waals surface area contributed by atoms with E-state index in [2.05, 4.69) is 34.7 Å². The molecule has 2 saturated heterocycles. The molecule has 3 amide bonds. The molecule has 1 atom stereocenters. The van der Waals surface area contributed by atoms with Crippen molar-refractivity contribution in [3.63, 3.8) is 0 Å². The first-order chi connectivity index (χ1) is 19.4. The van der Waals surface area contributed by atoms with Crippen molar-refractivity contribution in [1.29, 1.82) is 0 Å². The summed E-state index contributed by atoms with van der Waals surface area (Å²) in [6.45, 7) is 10.9. The number of rotatable bonds is 8. The van der Waals surface area contributed by atoms with Crippen molar-refractivity contribution in [2.75, 3.05) is 44.2 Å². The number of piperazine rings is 1. The first kappa shape index (κ1) is 30.7. The zero-order valence-electron chi connectivity index (χ0n) is 24.4. The molecule has 2 heterocycles. The molecule has 0 radical (unpaired) electrons. The number of carbonyl (C=O) groups is 3. The Morgan fingerprint density at radius 1 is 1.02 bits per heavy atom. The summed E-state index contributed by atoms with van der Waals surface area (Å²) in [6, 6.07) is 15.9. The Hall–Kier alpha value is -3.27. The van der Waals surface area contributed by atoms with E-state index >= 15 is 0 Å². The minimum Gasteiger partial charge on any atom is -0.478 e. The molecule has 0 aliphatic carbocycles. The van der Waals surface area contributed by atoms with Crippen LogP contribution in [0.15, 0.2) is 53.0 Å². The largest absolute Gasteiger partial charge is 0.478 e. The third kappa shape index (κ3) is 7.72. The van der Waals surface area contributed by atoms with E-state index in [0.29, 0.717) is 45.0 Å². The Morgan fingerprint density at radius 3 is 2.32 bits per heavy atom. The normalized spacial score (nSPS) is 17.9. The Bertz CT molecular complexity index is 1230. The number of carboxylic acid groups (broad SMARTS) is 1. The van der Waals surface area contributed by atoms with Crippen LogP contribution in [0.3, 0.4) is 0 Å². The summed E-state index contributed by atoms with van der Waals surface area (Å²) in [4.78, 5) is 45.4. The van der Waals surface area contributed by atoms with Gasteiger partial charge in [-0.05, 0) is 70.4 Å². The lowest BCUT2D eigenvalue weighted by molar-refractivity contribution is -0.147. The monoisotopic (exact) mass is 628 g/mol. The van der Waals surface area contributed by atoms with Crippen LogP contribution in [0.4, 0.5) is 10.5 Å². The van der Waals surface area contributed by atoms with Crippen molar-refractivity contribution < 1.29 is 24.2 Å². The van der Waals surface area contributed by atoms with E-state index in [-0.39, 0.29) is 23.8 Å². The Labute approximate surface area is 251 Å². The van der Waals surface area contributed by atoms with Gasteiger partial charge >= 0.3 is 6.09 Å². The molecule has 10 heteroatoms. The van der Waals surface area contributed by atoms with E-state index in [1.54, 1.807) is 18.7 Å². The molecule has 1 N–H and O–H groups in total. The molecule has 0 spiro atoms. The topological polar surface area (TPSA) is 93.6 Å². The standard InChI is InChI=1S/C31H41BrN4O5/c1-22(2)36(20-23-10-12-25(32)13-11-23)28(37)24-7-6-14-35(21-24)26-8-5-9-27(19-26)41-31(3,4)29(38)33-15-17-34(18-16-33)30(39)40/h5,8-13,19,22,24H,6-7,14-18,20-21H2,1-4H3,(H,39,40)/t24-/m1/s1. The number of hydrogen-bond acceptors (Lipinski definition) is 5. The summed E-state index contributed by atoms with van der Waals surface area (Å²) < 4.78 is 7.23. The zero-order valence-corrected chi connectivity index (χ0v) is 26.0. The average Bonchev–Trinajstić information content (AvgIpc) is 2.96. The molecular weight excluding hydrogens is 588 g/mol. The Morgan fingerprint density at radius 2 is 1.68 bits per heavy atom. The first-order valence-electron chi connectivity index (χ1n) is 14.3. The lowest BCUT2D eigenvalue weighted by Gasteiger charge is -2.38. The Balaban J connectivity index is 1.40. The summed E-state index contributed by atoms with van der Waals surface area (Å²) in [5.74, 6) is 0.483. The molecule has 2 fully saturated rings. The van der Waals surface area contributed by atoms with E-state index in [9.17, 15) is 19.5 Å². The van der Waals surface area contributed by atoms with Gasteiger partial charge in [0.25, 0.3) is 5.91 Å². The van der Waals surface area contributed by atoms with Crippen molar-refractivity contribution >= 4 is 39.5 Å². The number of halogens is 1. The number of ether oxygens (including phenoxy) is 1. The first-order valence-corrected chi connectivity index (χ1v) is 15.1. The van der Waals surface area contributed by atoms with Gasteiger partial charge in [-0.25, -0.2) is 4.79 Å². The lowest BCUT2D eigenvalue weighted by Crippen LogP contribution is -2.56. The minimum absolute atomic E-state index is 0.0881. The van der Waals surface area contributed by atoms with Crippen molar-refractivity contribution in [2.24, 2.45) is 5.92 Å². The van der Waals surface area contributed by atoms with Crippen molar-refractivity contribution in [1.82, 2.24) is 14.7 Å². The SMILES string of the molecule is CC(C)N(Cc1ccc(Br)cc1)C(=O)[C@@H]1CCCN(c2cccc(OC(C)(C)C(=O)N3CCN(C(=O)O)CC3)c2)C1. The van der Waals surface area contributed by atoms with Crippen LogP contribution in [0.5, 0.6) is 5.75 Å². The van der Waals surface area contributed by atoms with E-state index in [4.69, 9.17) is 4.74 Å².